The lowest BCUT2D eigenvalue weighted by atomic mass is 10.1. The van der Waals surface area contributed by atoms with Crippen molar-refractivity contribution < 1.29 is 9.90 Å². The van der Waals surface area contributed by atoms with E-state index in [4.69, 9.17) is 5.11 Å². The first kappa shape index (κ1) is 11.7. The van der Waals surface area contributed by atoms with E-state index >= 15 is 0 Å². The van der Waals surface area contributed by atoms with Gasteiger partial charge >= 0.3 is 0 Å². The zero-order valence-electron chi connectivity index (χ0n) is 9.45. The van der Waals surface area contributed by atoms with Crippen molar-refractivity contribution in [1.29, 1.82) is 0 Å². The second kappa shape index (κ2) is 4.94. The molecule has 0 saturated carbocycles. The van der Waals surface area contributed by atoms with Gasteiger partial charge in [-0.2, -0.15) is 0 Å². The lowest BCUT2D eigenvalue weighted by Gasteiger charge is -2.16. The first-order valence-electron chi connectivity index (χ1n) is 4.99. The highest BCUT2D eigenvalue weighted by Crippen LogP contribution is 2.10. The third kappa shape index (κ3) is 3.06. The maximum absolute atomic E-state index is 11.9. The minimum atomic E-state index is -0.0455. The van der Waals surface area contributed by atoms with Crippen molar-refractivity contribution in [3.63, 3.8) is 0 Å². The highest BCUT2D eigenvalue weighted by atomic mass is 16.3. The van der Waals surface area contributed by atoms with Crippen LogP contribution in [0.3, 0.4) is 0 Å². The van der Waals surface area contributed by atoms with Gasteiger partial charge in [-0.1, -0.05) is 17.2 Å². The van der Waals surface area contributed by atoms with Crippen LogP contribution in [0.25, 0.3) is 0 Å². The van der Waals surface area contributed by atoms with Gasteiger partial charge in [-0.05, 0) is 26.0 Å². The summed E-state index contributed by atoms with van der Waals surface area (Å²) in [7, 11) is 1.69. The third-order valence-corrected chi connectivity index (χ3v) is 2.25. The molecular formula is C12H17NO2. The average molecular weight is 207 g/mol. The van der Waals surface area contributed by atoms with Gasteiger partial charge < -0.3 is 10.0 Å². The quantitative estimate of drug-likeness (QED) is 0.813. The largest absolute Gasteiger partial charge is 0.395 e. The molecule has 0 unspecified atom stereocenters. The molecule has 3 nitrogen and oxygen atoms in total. The number of aliphatic hydroxyl groups excluding tert-OH is 1. The molecule has 1 N–H and O–H groups in total. The minimum absolute atomic E-state index is 0.00691. The fraction of sp³-hybridized carbons (Fsp3) is 0.417. The Labute approximate surface area is 90.3 Å². The van der Waals surface area contributed by atoms with Crippen molar-refractivity contribution in [2.24, 2.45) is 0 Å². The summed E-state index contributed by atoms with van der Waals surface area (Å²) in [6.45, 7) is 4.30. The number of carbonyl (C=O) groups is 1. The van der Waals surface area contributed by atoms with Gasteiger partial charge in [0.15, 0.2) is 0 Å². The van der Waals surface area contributed by atoms with Crippen LogP contribution >= 0.6 is 0 Å². The molecule has 15 heavy (non-hydrogen) atoms. The Morgan fingerprint density at radius 3 is 2.27 bits per heavy atom. The van der Waals surface area contributed by atoms with Gasteiger partial charge in [-0.3, -0.25) is 4.79 Å². The van der Waals surface area contributed by atoms with Crippen LogP contribution in [-0.4, -0.2) is 36.1 Å². The van der Waals surface area contributed by atoms with Gasteiger partial charge in [0.1, 0.15) is 0 Å². The van der Waals surface area contributed by atoms with Crippen molar-refractivity contribution in [1.82, 2.24) is 4.90 Å². The zero-order chi connectivity index (χ0) is 11.4. The number of aliphatic hydroxyl groups is 1. The normalized spacial score (nSPS) is 10.1. The first-order chi connectivity index (χ1) is 7.04. The van der Waals surface area contributed by atoms with E-state index in [-0.39, 0.29) is 12.5 Å². The topological polar surface area (TPSA) is 40.5 Å². The van der Waals surface area contributed by atoms with E-state index in [2.05, 4.69) is 0 Å². The van der Waals surface area contributed by atoms with E-state index < -0.39 is 0 Å². The van der Waals surface area contributed by atoms with Gasteiger partial charge in [-0.15, -0.1) is 0 Å². The predicted octanol–water partition coefficient (Wildman–Crippen LogP) is 1.37. The molecule has 3 heteroatoms. The van der Waals surface area contributed by atoms with Crippen LogP contribution in [0.4, 0.5) is 0 Å². The van der Waals surface area contributed by atoms with Crippen LogP contribution in [0.15, 0.2) is 18.2 Å². The fourth-order valence-corrected chi connectivity index (χ4v) is 1.57. The Morgan fingerprint density at radius 2 is 1.80 bits per heavy atom. The molecule has 0 radical (unpaired) electrons. The van der Waals surface area contributed by atoms with Crippen LogP contribution in [-0.2, 0) is 0 Å². The molecule has 1 amide bonds. The van der Waals surface area contributed by atoms with Gasteiger partial charge in [0.25, 0.3) is 5.91 Å². The molecule has 0 atom stereocenters. The molecule has 0 aliphatic carbocycles. The molecule has 1 aromatic carbocycles. The lowest BCUT2D eigenvalue weighted by Crippen LogP contribution is -2.29. The van der Waals surface area contributed by atoms with Gasteiger partial charge in [0, 0.05) is 19.2 Å². The van der Waals surface area contributed by atoms with E-state index in [1.165, 1.54) is 4.90 Å². The van der Waals surface area contributed by atoms with E-state index in [0.717, 1.165) is 11.1 Å². The highest BCUT2D eigenvalue weighted by molar-refractivity contribution is 5.94. The summed E-state index contributed by atoms with van der Waals surface area (Å²) in [6, 6.07) is 5.76. The highest BCUT2D eigenvalue weighted by Gasteiger charge is 2.11. The Balaban J connectivity index is 2.90. The van der Waals surface area contributed by atoms with Crippen LogP contribution in [0.5, 0.6) is 0 Å². The summed E-state index contributed by atoms with van der Waals surface area (Å²) < 4.78 is 0. The molecule has 0 aliphatic rings. The maximum Gasteiger partial charge on any atom is 0.253 e. The smallest absolute Gasteiger partial charge is 0.253 e. The van der Waals surface area contributed by atoms with E-state index in [0.29, 0.717) is 12.1 Å². The van der Waals surface area contributed by atoms with Crippen molar-refractivity contribution in [3.8, 4) is 0 Å². The first-order valence-corrected chi connectivity index (χ1v) is 4.99. The number of hydrogen-bond donors (Lipinski definition) is 1. The number of benzene rings is 1. The molecule has 0 spiro atoms. The van der Waals surface area contributed by atoms with Gasteiger partial charge in [0.2, 0.25) is 0 Å². The summed E-state index contributed by atoms with van der Waals surface area (Å²) >= 11 is 0. The van der Waals surface area contributed by atoms with Crippen molar-refractivity contribution in [3.05, 3.63) is 34.9 Å². The Bertz CT molecular complexity index is 340. The summed E-state index contributed by atoms with van der Waals surface area (Å²) in [6.07, 6.45) is 0. The Kier molecular flexibility index (Phi) is 3.86. The SMILES string of the molecule is Cc1cc(C)cc(C(=O)N(C)CCO)c1. The molecule has 0 saturated heterocycles. The summed E-state index contributed by atoms with van der Waals surface area (Å²) in [5, 5.41) is 8.75. The Hall–Kier alpha value is -1.35. The van der Waals surface area contributed by atoms with Gasteiger partial charge in [0.05, 0.1) is 6.61 Å². The number of aryl methyl sites for hydroxylation is 2. The fourth-order valence-electron chi connectivity index (χ4n) is 1.57. The van der Waals surface area contributed by atoms with Gasteiger partial charge in [-0.25, -0.2) is 0 Å². The predicted molar refractivity (Wildman–Crippen MR) is 60.0 cm³/mol. The van der Waals surface area contributed by atoms with E-state index in [9.17, 15) is 4.79 Å². The second-order valence-electron chi connectivity index (χ2n) is 3.83. The number of likely N-dealkylation sites (N-methyl/N-ethyl adjacent to an activating group) is 1. The molecular weight excluding hydrogens is 190 g/mol. The van der Waals surface area contributed by atoms with Crippen molar-refractivity contribution in [2.75, 3.05) is 20.2 Å². The molecule has 1 rings (SSSR count). The standard InChI is InChI=1S/C12H17NO2/c1-9-6-10(2)8-11(7-9)12(15)13(3)4-5-14/h6-8,14H,4-5H2,1-3H3. The number of nitrogens with zero attached hydrogens (tertiary/aromatic N) is 1. The van der Waals surface area contributed by atoms with Crippen LogP contribution in [0, 0.1) is 13.8 Å². The summed E-state index contributed by atoms with van der Waals surface area (Å²) in [5.41, 5.74) is 2.84. The second-order valence-corrected chi connectivity index (χ2v) is 3.83. The molecule has 82 valence electrons. The summed E-state index contributed by atoms with van der Waals surface area (Å²) in [5.74, 6) is -0.0455. The lowest BCUT2D eigenvalue weighted by molar-refractivity contribution is 0.0767. The third-order valence-electron chi connectivity index (χ3n) is 2.25. The summed E-state index contributed by atoms with van der Waals surface area (Å²) in [4.78, 5) is 13.4. The molecule has 0 heterocycles. The minimum Gasteiger partial charge on any atom is -0.395 e. The van der Waals surface area contributed by atoms with Crippen LogP contribution in [0.1, 0.15) is 21.5 Å². The van der Waals surface area contributed by atoms with Crippen molar-refractivity contribution >= 4 is 5.91 Å². The molecule has 0 aromatic heterocycles. The van der Waals surface area contributed by atoms with Crippen molar-refractivity contribution in [2.45, 2.75) is 13.8 Å². The van der Waals surface area contributed by atoms with Crippen LogP contribution in [0.2, 0.25) is 0 Å². The number of hydrogen-bond acceptors (Lipinski definition) is 2. The Morgan fingerprint density at radius 1 is 1.27 bits per heavy atom. The average Bonchev–Trinajstić information content (AvgIpc) is 2.15. The monoisotopic (exact) mass is 207 g/mol. The number of carbonyl (C=O) groups excluding carboxylic acids is 1. The molecule has 1 aromatic rings. The van der Waals surface area contributed by atoms with Crippen LogP contribution < -0.4 is 0 Å². The number of amides is 1. The number of rotatable bonds is 3. The molecule has 0 aliphatic heterocycles. The maximum atomic E-state index is 11.9. The van der Waals surface area contributed by atoms with E-state index in [1.807, 2.05) is 32.0 Å². The zero-order valence-corrected chi connectivity index (χ0v) is 9.45. The van der Waals surface area contributed by atoms with E-state index in [1.54, 1.807) is 7.05 Å². The molecule has 0 bridgehead atoms. The molecule has 0 fully saturated rings.